The van der Waals surface area contributed by atoms with E-state index in [-0.39, 0.29) is 19.1 Å². The molecule has 1 amide bonds. The summed E-state index contributed by atoms with van der Waals surface area (Å²) in [7, 11) is 0. The summed E-state index contributed by atoms with van der Waals surface area (Å²) >= 11 is 0. The molecule has 0 spiro atoms. The van der Waals surface area contributed by atoms with E-state index >= 15 is 0 Å². The molecule has 2 aliphatic rings. The molecule has 2 rings (SSSR count). The van der Waals surface area contributed by atoms with E-state index in [0.29, 0.717) is 6.42 Å². The minimum absolute atomic E-state index is 0.102. The Morgan fingerprint density at radius 2 is 1.86 bits per heavy atom. The van der Waals surface area contributed by atoms with E-state index in [1.807, 2.05) is 0 Å². The van der Waals surface area contributed by atoms with Crippen molar-refractivity contribution in [3.8, 4) is 0 Å². The molecule has 0 unspecified atom stereocenters. The lowest BCUT2D eigenvalue weighted by Crippen LogP contribution is -2.56. The fourth-order valence-corrected chi connectivity index (χ4v) is 2.78. The van der Waals surface area contributed by atoms with Crippen molar-refractivity contribution < 1.29 is 19.7 Å². The first-order chi connectivity index (χ1) is 10.1. The predicted octanol–water partition coefficient (Wildman–Crippen LogP) is -1.75. The quantitative estimate of drug-likeness (QED) is 0.558. The van der Waals surface area contributed by atoms with Crippen LogP contribution in [0.5, 0.6) is 0 Å². The van der Waals surface area contributed by atoms with Crippen LogP contribution < -0.4 is 5.32 Å². The highest BCUT2D eigenvalue weighted by atomic mass is 16.5. The van der Waals surface area contributed by atoms with Gasteiger partial charge < -0.3 is 30.1 Å². The number of carbonyl (C=O) groups is 1. The first-order valence-electron chi connectivity index (χ1n) is 7.78. The van der Waals surface area contributed by atoms with Gasteiger partial charge in [-0.2, -0.15) is 0 Å². The van der Waals surface area contributed by atoms with Crippen LogP contribution in [0.4, 0.5) is 0 Å². The van der Waals surface area contributed by atoms with E-state index in [4.69, 9.17) is 4.74 Å². The Hall–Kier alpha value is -0.730. The van der Waals surface area contributed by atoms with Crippen LogP contribution in [0.25, 0.3) is 0 Å². The van der Waals surface area contributed by atoms with Gasteiger partial charge in [0, 0.05) is 39.1 Å². The molecule has 2 saturated heterocycles. The van der Waals surface area contributed by atoms with Gasteiger partial charge in [-0.3, -0.25) is 4.79 Å². The molecule has 3 N–H and O–H groups in total. The van der Waals surface area contributed by atoms with Crippen LogP contribution in [-0.2, 0) is 9.53 Å². The van der Waals surface area contributed by atoms with Crippen LogP contribution in [0.15, 0.2) is 0 Å². The first-order valence-corrected chi connectivity index (χ1v) is 7.78. The summed E-state index contributed by atoms with van der Waals surface area (Å²) in [6.45, 7) is 8.44. The molecular weight excluding hydrogens is 274 g/mol. The number of nitrogens with zero attached hydrogens (tertiary/aromatic N) is 2. The van der Waals surface area contributed by atoms with Gasteiger partial charge >= 0.3 is 0 Å². The largest absolute Gasteiger partial charge is 0.388 e. The minimum atomic E-state index is -0.948. The number of rotatable bonds is 5. The van der Waals surface area contributed by atoms with Crippen LogP contribution in [0, 0.1) is 0 Å². The molecule has 7 nitrogen and oxygen atoms in total. The molecule has 0 aromatic heterocycles. The van der Waals surface area contributed by atoms with Gasteiger partial charge in [0.25, 0.3) is 0 Å². The fourth-order valence-electron chi connectivity index (χ4n) is 2.78. The highest BCUT2D eigenvalue weighted by Gasteiger charge is 2.32. The number of piperazine rings is 1. The molecular formula is C14H27N3O4. The molecule has 0 bridgehead atoms. The zero-order valence-corrected chi connectivity index (χ0v) is 12.7. The van der Waals surface area contributed by atoms with Gasteiger partial charge in [-0.25, -0.2) is 0 Å². The van der Waals surface area contributed by atoms with Crippen LogP contribution >= 0.6 is 0 Å². The maximum Gasteiger partial charge on any atom is 0.221 e. The molecule has 0 aromatic rings. The number of aliphatic hydroxyl groups is 2. The Kier molecular flexibility index (Phi) is 6.38. The van der Waals surface area contributed by atoms with Gasteiger partial charge in [0.1, 0.15) is 12.2 Å². The number of nitrogens with one attached hydrogen (secondary N) is 1. The van der Waals surface area contributed by atoms with Crippen molar-refractivity contribution in [1.82, 2.24) is 15.1 Å². The van der Waals surface area contributed by atoms with Gasteiger partial charge in [0.05, 0.1) is 19.3 Å². The van der Waals surface area contributed by atoms with Crippen molar-refractivity contribution in [3.05, 3.63) is 0 Å². The topological polar surface area (TPSA) is 85.3 Å². The third kappa shape index (κ3) is 4.89. The van der Waals surface area contributed by atoms with Crippen molar-refractivity contribution in [2.24, 2.45) is 0 Å². The maximum atomic E-state index is 11.9. The normalized spacial score (nSPS) is 32.0. The number of hydrogen-bond donors (Lipinski definition) is 3. The molecule has 0 radical (unpaired) electrons. The van der Waals surface area contributed by atoms with E-state index in [1.54, 1.807) is 0 Å². The molecule has 3 atom stereocenters. The lowest BCUT2D eigenvalue weighted by molar-refractivity contribution is -0.132. The predicted molar refractivity (Wildman–Crippen MR) is 77.9 cm³/mol. The number of ether oxygens (including phenoxy) is 1. The third-order valence-corrected chi connectivity index (χ3v) is 4.31. The summed E-state index contributed by atoms with van der Waals surface area (Å²) in [4.78, 5) is 16.6. The molecule has 0 saturated carbocycles. The summed E-state index contributed by atoms with van der Waals surface area (Å²) in [6.07, 6.45) is -1.47. The van der Waals surface area contributed by atoms with Gasteiger partial charge in [-0.05, 0) is 6.54 Å². The van der Waals surface area contributed by atoms with Crippen molar-refractivity contribution in [2.45, 2.75) is 31.6 Å². The van der Waals surface area contributed by atoms with Gasteiger partial charge in [-0.15, -0.1) is 0 Å². The molecule has 2 heterocycles. The van der Waals surface area contributed by atoms with Gasteiger partial charge in [0.2, 0.25) is 5.91 Å². The van der Waals surface area contributed by atoms with E-state index in [0.717, 1.165) is 39.3 Å². The smallest absolute Gasteiger partial charge is 0.221 e. The third-order valence-electron chi connectivity index (χ3n) is 4.31. The summed E-state index contributed by atoms with van der Waals surface area (Å²) < 4.78 is 5.14. The zero-order valence-electron chi connectivity index (χ0n) is 12.7. The van der Waals surface area contributed by atoms with Crippen LogP contribution in [0.1, 0.15) is 13.3 Å². The lowest BCUT2D eigenvalue weighted by Gasteiger charge is -2.34. The number of likely N-dealkylation sites (N-methyl/N-ethyl adjacent to an activating group) is 1. The fraction of sp³-hybridized carbons (Fsp3) is 0.929. The van der Waals surface area contributed by atoms with Gasteiger partial charge in [-0.1, -0.05) is 6.92 Å². The molecule has 0 aromatic carbocycles. The second kappa shape index (κ2) is 8.05. The molecule has 122 valence electrons. The average molecular weight is 301 g/mol. The summed E-state index contributed by atoms with van der Waals surface area (Å²) in [6, 6.07) is -0.516. The number of hydrogen-bond acceptors (Lipinski definition) is 6. The lowest BCUT2D eigenvalue weighted by atomic mass is 10.0. The molecule has 7 heteroatoms. The average Bonchev–Trinajstić information content (AvgIpc) is 2.50. The van der Waals surface area contributed by atoms with Crippen LogP contribution in [-0.4, -0.2) is 96.7 Å². The summed E-state index contributed by atoms with van der Waals surface area (Å²) in [5.41, 5.74) is 0. The number of aliphatic hydroxyl groups excluding tert-OH is 2. The van der Waals surface area contributed by atoms with E-state index in [2.05, 4.69) is 22.0 Å². The summed E-state index contributed by atoms with van der Waals surface area (Å²) in [5.74, 6) is -0.102. The Morgan fingerprint density at radius 1 is 1.19 bits per heavy atom. The number of carbonyl (C=O) groups excluding carboxylic acids is 1. The molecule has 2 fully saturated rings. The monoisotopic (exact) mass is 301 g/mol. The second-order valence-electron chi connectivity index (χ2n) is 5.80. The van der Waals surface area contributed by atoms with Crippen molar-refractivity contribution in [3.63, 3.8) is 0 Å². The van der Waals surface area contributed by atoms with Crippen LogP contribution in [0.3, 0.4) is 0 Å². The Labute approximate surface area is 125 Å². The highest BCUT2D eigenvalue weighted by Crippen LogP contribution is 2.09. The molecule has 2 aliphatic heterocycles. The number of amides is 1. The van der Waals surface area contributed by atoms with Gasteiger partial charge in [0.15, 0.2) is 0 Å². The standard InChI is InChI=1S/C14H27N3O4/c1-2-16-5-7-17(8-6-16)4-3-13(19)15-11-9-21-10-12(18)14(11)20/h11-12,14,18,20H,2-10H2,1H3,(H,15,19)/t11-,12-,14+/m1/s1. The maximum absolute atomic E-state index is 11.9. The van der Waals surface area contributed by atoms with Crippen molar-refractivity contribution in [1.29, 1.82) is 0 Å². The van der Waals surface area contributed by atoms with Crippen molar-refractivity contribution in [2.75, 3.05) is 52.5 Å². The Bertz CT molecular complexity index is 334. The van der Waals surface area contributed by atoms with E-state index in [1.165, 1.54) is 0 Å². The van der Waals surface area contributed by atoms with E-state index in [9.17, 15) is 15.0 Å². The summed E-state index contributed by atoms with van der Waals surface area (Å²) in [5, 5.41) is 22.1. The highest BCUT2D eigenvalue weighted by molar-refractivity contribution is 5.76. The van der Waals surface area contributed by atoms with Crippen LogP contribution in [0.2, 0.25) is 0 Å². The Balaban J connectivity index is 1.66. The molecule has 0 aliphatic carbocycles. The SMILES string of the molecule is CCN1CCN(CCC(=O)N[C@@H]2COC[C@@H](O)[C@H]2O)CC1. The minimum Gasteiger partial charge on any atom is -0.388 e. The second-order valence-corrected chi connectivity index (χ2v) is 5.80. The van der Waals surface area contributed by atoms with E-state index < -0.39 is 18.2 Å². The molecule has 21 heavy (non-hydrogen) atoms. The first kappa shape index (κ1) is 16.6. The zero-order chi connectivity index (χ0) is 15.2. The van der Waals surface area contributed by atoms with Crippen molar-refractivity contribution >= 4 is 5.91 Å². The Morgan fingerprint density at radius 3 is 2.52 bits per heavy atom.